The molecule has 0 saturated carbocycles. The SMILES string of the molecule is CCn1c(=O)/c(=C2\Sc3cc(Cl)ccc3N2C)s/c1=C\c1scc[n+]1Cc1ccsc1Br.[Cl-]. The summed E-state index contributed by atoms with van der Waals surface area (Å²) < 4.78 is 6.97. The van der Waals surface area contributed by atoms with Crippen LogP contribution in [0.25, 0.3) is 11.1 Å². The molecule has 1 aliphatic heterocycles. The number of halogens is 3. The normalized spacial score (nSPS) is 15.2. The molecule has 0 fully saturated rings. The molecule has 1 aliphatic rings. The van der Waals surface area contributed by atoms with Gasteiger partial charge in [-0.15, -0.1) is 22.7 Å². The zero-order chi connectivity index (χ0) is 22.4. The number of thiazole rings is 2. The Morgan fingerprint density at radius 2 is 2.03 bits per heavy atom. The van der Waals surface area contributed by atoms with Crippen LogP contribution in [0.1, 0.15) is 17.5 Å². The monoisotopic (exact) mass is 617 g/mol. The standard InChI is InChI=1S/C22H18BrClN3OS4.ClH/c1-3-27-18(11-17-26(7-9-29-17)12-13-6-8-30-20(13)23)32-19(21(27)28)22-25(2)15-5-4-14(24)10-16(15)31-22;/h4-11H,3,12H2,1-2H3;1H/q+1;/p-1/b22-19+;. The molecule has 0 atom stereocenters. The average Bonchev–Trinajstić information content (AvgIpc) is 3.52. The predicted octanol–water partition coefficient (Wildman–Crippen LogP) is 1.95. The zero-order valence-electron chi connectivity index (χ0n) is 17.5. The Morgan fingerprint density at radius 3 is 2.76 bits per heavy atom. The van der Waals surface area contributed by atoms with Crippen LogP contribution in [0.4, 0.5) is 5.69 Å². The van der Waals surface area contributed by atoms with Gasteiger partial charge in [-0.1, -0.05) is 34.7 Å². The minimum Gasteiger partial charge on any atom is -1.00 e. The Kier molecular flexibility index (Phi) is 7.79. The molecule has 0 amide bonds. The summed E-state index contributed by atoms with van der Waals surface area (Å²) in [6.45, 7) is 3.44. The molecule has 4 nitrogen and oxygen atoms in total. The Balaban J connectivity index is 0.00000259. The Bertz CT molecular complexity index is 1500. The molecule has 0 bridgehead atoms. The molecular formula is C22H18BrCl2N3OS4. The number of nitrogens with zero attached hydrogens (tertiary/aromatic N) is 3. The molecule has 33 heavy (non-hydrogen) atoms. The van der Waals surface area contributed by atoms with E-state index in [4.69, 9.17) is 11.6 Å². The lowest BCUT2D eigenvalue weighted by Gasteiger charge is -2.12. The molecule has 4 heterocycles. The summed E-state index contributed by atoms with van der Waals surface area (Å²) >= 11 is 16.4. The van der Waals surface area contributed by atoms with Crippen molar-refractivity contribution in [3.05, 3.63) is 80.2 Å². The van der Waals surface area contributed by atoms with Gasteiger partial charge in [0.2, 0.25) is 0 Å². The minimum atomic E-state index is 0. The van der Waals surface area contributed by atoms with E-state index in [0.717, 1.165) is 40.1 Å². The van der Waals surface area contributed by atoms with Gasteiger partial charge >= 0.3 is 0 Å². The van der Waals surface area contributed by atoms with E-state index in [-0.39, 0.29) is 18.0 Å². The van der Waals surface area contributed by atoms with Crippen molar-refractivity contribution >= 4 is 90.1 Å². The average molecular weight is 619 g/mol. The van der Waals surface area contributed by atoms with Gasteiger partial charge in [-0.05, 0) is 52.5 Å². The lowest BCUT2D eigenvalue weighted by molar-refractivity contribution is -0.685. The summed E-state index contributed by atoms with van der Waals surface area (Å²) in [6, 6.07) is 8.00. The van der Waals surface area contributed by atoms with Gasteiger partial charge in [0.15, 0.2) is 12.7 Å². The van der Waals surface area contributed by atoms with Gasteiger partial charge < -0.3 is 17.3 Å². The lowest BCUT2D eigenvalue weighted by atomic mass is 10.3. The van der Waals surface area contributed by atoms with E-state index < -0.39 is 0 Å². The van der Waals surface area contributed by atoms with Crippen molar-refractivity contribution in [1.29, 1.82) is 0 Å². The first-order valence-corrected chi connectivity index (χ1v) is 14.4. The second kappa shape index (κ2) is 10.3. The number of rotatable bonds is 4. The van der Waals surface area contributed by atoms with E-state index in [9.17, 15) is 4.79 Å². The summed E-state index contributed by atoms with van der Waals surface area (Å²) in [5.74, 6) is 0. The molecular weight excluding hydrogens is 601 g/mol. The molecule has 0 saturated heterocycles. The molecule has 0 spiro atoms. The number of aromatic nitrogens is 2. The van der Waals surface area contributed by atoms with E-state index >= 15 is 0 Å². The van der Waals surface area contributed by atoms with Crippen LogP contribution in [0.5, 0.6) is 0 Å². The second-order valence-electron chi connectivity index (χ2n) is 7.13. The van der Waals surface area contributed by atoms with Crippen molar-refractivity contribution in [2.75, 3.05) is 11.9 Å². The first-order chi connectivity index (χ1) is 15.5. The second-order valence-corrected chi connectivity index (χ2v) is 12.8. The summed E-state index contributed by atoms with van der Waals surface area (Å²) in [5.41, 5.74) is 2.39. The highest BCUT2D eigenvalue weighted by molar-refractivity contribution is 9.11. The third kappa shape index (κ3) is 4.74. The van der Waals surface area contributed by atoms with Gasteiger partial charge in [0.05, 0.1) is 20.9 Å². The molecule has 11 heteroatoms. The Labute approximate surface area is 227 Å². The number of hydrogen-bond donors (Lipinski definition) is 0. The lowest BCUT2D eigenvalue weighted by Crippen LogP contribution is -3.00. The third-order valence-electron chi connectivity index (χ3n) is 5.21. The maximum atomic E-state index is 13.3. The van der Waals surface area contributed by atoms with Gasteiger partial charge in [-0.3, -0.25) is 9.36 Å². The highest BCUT2D eigenvalue weighted by Gasteiger charge is 2.25. The fraction of sp³-hybridized carbons (Fsp3) is 0.182. The fourth-order valence-corrected chi connectivity index (χ4v) is 8.39. The smallest absolute Gasteiger partial charge is 0.271 e. The molecule has 0 N–H and O–H groups in total. The molecule has 0 unspecified atom stereocenters. The third-order valence-corrected chi connectivity index (χ3v) is 10.6. The summed E-state index contributed by atoms with van der Waals surface area (Å²) in [4.78, 5) is 16.5. The Morgan fingerprint density at radius 1 is 1.21 bits per heavy atom. The molecule has 172 valence electrons. The van der Waals surface area contributed by atoms with Gasteiger partial charge in [0, 0.05) is 29.1 Å². The van der Waals surface area contributed by atoms with Crippen LogP contribution in [-0.2, 0) is 13.1 Å². The molecule has 5 rings (SSSR count). The largest absolute Gasteiger partial charge is 1.00 e. The van der Waals surface area contributed by atoms with Gasteiger partial charge in [-0.25, -0.2) is 0 Å². The van der Waals surface area contributed by atoms with E-state index in [2.05, 4.69) is 54.5 Å². The first-order valence-electron chi connectivity index (χ1n) is 9.82. The Hall–Kier alpha value is -1.07. The fourth-order valence-electron chi connectivity index (χ4n) is 3.58. The maximum absolute atomic E-state index is 13.3. The van der Waals surface area contributed by atoms with E-state index in [1.807, 2.05) is 36.7 Å². The van der Waals surface area contributed by atoms with Crippen molar-refractivity contribution < 1.29 is 17.0 Å². The van der Waals surface area contributed by atoms with Crippen molar-refractivity contribution in [1.82, 2.24) is 4.57 Å². The number of fused-ring (bicyclic) bond motifs is 1. The van der Waals surface area contributed by atoms with Crippen LogP contribution >= 0.6 is 73.3 Å². The maximum Gasteiger partial charge on any atom is 0.271 e. The molecule has 1 aromatic carbocycles. The minimum absolute atomic E-state index is 0. The van der Waals surface area contributed by atoms with Crippen molar-refractivity contribution in [2.45, 2.75) is 24.9 Å². The van der Waals surface area contributed by atoms with Crippen LogP contribution in [0.2, 0.25) is 5.02 Å². The molecule has 4 aromatic rings. The highest BCUT2D eigenvalue weighted by Crippen LogP contribution is 2.46. The molecule has 0 aliphatic carbocycles. The summed E-state index contributed by atoms with van der Waals surface area (Å²) in [6.07, 6.45) is 4.23. The van der Waals surface area contributed by atoms with Crippen LogP contribution in [0.3, 0.4) is 0 Å². The number of thiophene rings is 1. The van der Waals surface area contributed by atoms with Crippen LogP contribution in [0.15, 0.2) is 54.7 Å². The number of thioether (sulfide) groups is 1. The number of anilines is 1. The van der Waals surface area contributed by atoms with E-state index in [1.165, 1.54) is 5.56 Å². The van der Waals surface area contributed by atoms with Crippen molar-refractivity contribution in [3.8, 4) is 0 Å². The van der Waals surface area contributed by atoms with E-state index in [0.29, 0.717) is 11.6 Å². The zero-order valence-corrected chi connectivity index (χ0v) is 23.9. The van der Waals surface area contributed by atoms with Crippen LogP contribution < -0.4 is 36.6 Å². The summed E-state index contributed by atoms with van der Waals surface area (Å²) in [5, 5.41) is 6.96. The van der Waals surface area contributed by atoms with Crippen LogP contribution in [-0.4, -0.2) is 11.6 Å². The van der Waals surface area contributed by atoms with Crippen molar-refractivity contribution in [2.24, 2.45) is 0 Å². The van der Waals surface area contributed by atoms with Gasteiger partial charge in [0.1, 0.15) is 14.2 Å². The highest BCUT2D eigenvalue weighted by atomic mass is 79.9. The predicted molar refractivity (Wildman–Crippen MR) is 142 cm³/mol. The molecule has 0 radical (unpaired) electrons. The summed E-state index contributed by atoms with van der Waals surface area (Å²) in [7, 11) is 2.01. The number of hydrogen-bond acceptors (Lipinski definition) is 6. The van der Waals surface area contributed by atoms with Crippen LogP contribution in [0, 0.1) is 0 Å². The van der Waals surface area contributed by atoms with Gasteiger partial charge in [-0.2, -0.15) is 4.57 Å². The first kappa shape index (κ1) is 25.0. The molecule has 3 aromatic heterocycles. The van der Waals surface area contributed by atoms with E-state index in [1.54, 1.807) is 45.8 Å². The van der Waals surface area contributed by atoms with Gasteiger partial charge in [0.25, 0.3) is 10.6 Å². The van der Waals surface area contributed by atoms with Crippen molar-refractivity contribution in [3.63, 3.8) is 0 Å². The topological polar surface area (TPSA) is 29.1 Å². The number of benzene rings is 1. The quantitative estimate of drug-likeness (QED) is 0.328.